The number of rotatable bonds is 6. The van der Waals surface area contributed by atoms with Gasteiger partial charge in [-0.1, -0.05) is 36.1 Å². The molecule has 2 rings (SSSR count). The largest absolute Gasteiger partial charge is 0.355 e. The first-order valence-electron chi connectivity index (χ1n) is 8.54. The second-order valence-electron chi connectivity index (χ2n) is 6.39. The second-order valence-corrected chi connectivity index (χ2v) is 8.88. The number of nitrogens with zero attached hydrogens (tertiary/aromatic N) is 2. The van der Waals surface area contributed by atoms with E-state index in [4.69, 9.17) is 12.2 Å². The van der Waals surface area contributed by atoms with Gasteiger partial charge in [0.05, 0.1) is 6.54 Å². The molecular weight excluding hydrogens is 370 g/mol. The molecule has 1 N–H and O–H groups in total. The molecule has 0 aliphatic carbocycles. The van der Waals surface area contributed by atoms with Crippen molar-refractivity contribution in [3.63, 3.8) is 0 Å². The van der Waals surface area contributed by atoms with Gasteiger partial charge in [0.25, 0.3) is 0 Å². The molecule has 1 fully saturated rings. The van der Waals surface area contributed by atoms with Crippen LogP contribution in [0.25, 0.3) is 0 Å². The number of carbonyl (C=O) groups excluding carboxylic acids is 1. The Morgan fingerprint density at radius 2 is 1.84 bits per heavy atom. The van der Waals surface area contributed by atoms with Gasteiger partial charge < -0.3 is 10.2 Å². The Morgan fingerprint density at radius 1 is 1.20 bits per heavy atom. The van der Waals surface area contributed by atoms with Crippen LogP contribution in [-0.4, -0.2) is 65.0 Å². The van der Waals surface area contributed by atoms with Crippen molar-refractivity contribution in [1.82, 2.24) is 15.1 Å². The minimum atomic E-state index is 0.106. The number of thioether (sulfide) groups is 2. The van der Waals surface area contributed by atoms with E-state index < -0.39 is 0 Å². The Morgan fingerprint density at radius 3 is 2.40 bits per heavy atom. The van der Waals surface area contributed by atoms with Crippen LogP contribution >= 0.6 is 35.7 Å². The molecule has 1 amide bonds. The summed E-state index contributed by atoms with van der Waals surface area (Å²) in [5.74, 6) is 1.01. The summed E-state index contributed by atoms with van der Waals surface area (Å²) in [7, 11) is 0. The Hall–Kier alpha value is -0.760. The topological polar surface area (TPSA) is 35.6 Å². The summed E-state index contributed by atoms with van der Waals surface area (Å²) >= 11 is 9.08. The zero-order valence-electron chi connectivity index (χ0n) is 15.2. The normalized spacial score (nSPS) is 15.4. The predicted octanol–water partition coefficient (Wildman–Crippen LogP) is 3.07. The lowest BCUT2D eigenvalue weighted by atomic mass is 10.2. The van der Waals surface area contributed by atoms with E-state index in [0.29, 0.717) is 6.54 Å². The van der Waals surface area contributed by atoms with Crippen LogP contribution in [0.15, 0.2) is 29.2 Å². The highest BCUT2D eigenvalue weighted by molar-refractivity contribution is 8.22. The highest BCUT2D eigenvalue weighted by Gasteiger charge is 2.20. The van der Waals surface area contributed by atoms with Crippen LogP contribution in [0.5, 0.6) is 0 Å². The van der Waals surface area contributed by atoms with Crippen molar-refractivity contribution < 1.29 is 4.79 Å². The lowest BCUT2D eigenvalue weighted by Crippen LogP contribution is -2.50. The van der Waals surface area contributed by atoms with Crippen LogP contribution in [0.2, 0.25) is 0 Å². The molecule has 0 bridgehead atoms. The van der Waals surface area contributed by atoms with E-state index in [2.05, 4.69) is 45.6 Å². The summed E-state index contributed by atoms with van der Waals surface area (Å²) in [6, 6.07) is 8.86. The molecule has 1 aliphatic heterocycles. The fraction of sp³-hybridized carbons (Fsp3) is 0.556. The first-order valence-corrected chi connectivity index (χ1v) is 11.2. The lowest BCUT2D eigenvalue weighted by molar-refractivity contribution is -0.123. The Kier molecular flexibility index (Phi) is 8.55. The molecule has 1 aliphatic rings. The van der Waals surface area contributed by atoms with E-state index in [-0.39, 0.29) is 11.9 Å². The Labute approximate surface area is 165 Å². The zero-order valence-corrected chi connectivity index (χ0v) is 17.6. The van der Waals surface area contributed by atoms with Gasteiger partial charge in [-0.25, -0.2) is 0 Å². The molecule has 0 radical (unpaired) electrons. The van der Waals surface area contributed by atoms with Crippen LogP contribution < -0.4 is 5.32 Å². The molecule has 1 aromatic carbocycles. The fourth-order valence-electron chi connectivity index (χ4n) is 2.62. The maximum absolute atomic E-state index is 11.8. The van der Waals surface area contributed by atoms with Crippen molar-refractivity contribution in [2.75, 3.05) is 39.0 Å². The molecule has 0 unspecified atom stereocenters. The molecule has 0 aromatic heterocycles. The molecule has 0 spiro atoms. The third-order valence-corrected chi connectivity index (χ3v) is 6.31. The number of hydrogen-bond donors (Lipinski definition) is 1. The van der Waals surface area contributed by atoms with Crippen molar-refractivity contribution in [2.24, 2.45) is 0 Å². The predicted molar refractivity (Wildman–Crippen MR) is 113 cm³/mol. The summed E-state index contributed by atoms with van der Waals surface area (Å²) in [6.07, 6.45) is 2.09. The summed E-state index contributed by atoms with van der Waals surface area (Å²) in [6.45, 7) is 8.01. The van der Waals surface area contributed by atoms with Crippen LogP contribution in [0.3, 0.4) is 0 Å². The average molecular weight is 398 g/mol. The molecule has 0 atom stereocenters. The number of benzene rings is 1. The molecule has 7 heteroatoms. The minimum absolute atomic E-state index is 0.106. The van der Waals surface area contributed by atoms with Crippen LogP contribution in [0.1, 0.15) is 19.4 Å². The molecule has 25 heavy (non-hydrogen) atoms. The summed E-state index contributed by atoms with van der Waals surface area (Å²) in [5, 5.41) is 2.94. The van der Waals surface area contributed by atoms with Gasteiger partial charge in [0.1, 0.15) is 4.32 Å². The maximum atomic E-state index is 11.8. The smallest absolute Gasteiger partial charge is 0.234 e. The van der Waals surface area contributed by atoms with Crippen LogP contribution in [-0.2, 0) is 10.5 Å². The monoisotopic (exact) mass is 397 g/mol. The van der Waals surface area contributed by atoms with Crippen molar-refractivity contribution in [3.8, 4) is 0 Å². The molecule has 138 valence electrons. The third kappa shape index (κ3) is 7.17. The van der Waals surface area contributed by atoms with Gasteiger partial charge in [-0.05, 0) is 37.8 Å². The van der Waals surface area contributed by atoms with Gasteiger partial charge >= 0.3 is 0 Å². The van der Waals surface area contributed by atoms with Crippen LogP contribution in [0, 0.1) is 0 Å². The first-order chi connectivity index (χ1) is 12.0. The average Bonchev–Trinajstić information content (AvgIpc) is 2.60. The third-order valence-electron chi connectivity index (χ3n) is 3.97. The SMILES string of the molecule is CSc1ccc(CSC(=S)N2CCN(CC(=O)NC(C)C)CC2)cc1. The van der Waals surface area contributed by atoms with E-state index in [1.807, 2.05) is 13.8 Å². The summed E-state index contributed by atoms with van der Waals surface area (Å²) < 4.78 is 0.959. The van der Waals surface area contributed by atoms with E-state index in [9.17, 15) is 4.79 Å². The van der Waals surface area contributed by atoms with Gasteiger partial charge in [0, 0.05) is 42.9 Å². The number of thiocarbonyl (C=S) groups is 1. The Bertz CT molecular complexity index is 569. The zero-order chi connectivity index (χ0) is 18.2. The van der Waals surface area contributed by atoms with Gasteiger partial charge in [0.2, 0.25) is 5.91 Å². The van der Waals surface area contributed by atoms with E-state index in [0.717, 1.165) is 36.3 Å². The van der Waals surface area contributed by atoms with Crippen molar-refractivity contribution in [2.45, 2.75) is 30.5 Å². The van der Waals surface area contributed by atoms with E-state index in [1.54, 1.807) is 23.5 Å². The molecule has 1 saturated heterocycles. The lowest BCUT2D eigenvalue weighted by Gasteiger charge is -2.35. The van der Waals surface area contributed by atoms with Crippen molar-refractivity contribution in [1.29, 1.82) is 0 Å². The second kappa shape index (κ2) is 10.4. The fourth-order valence-corrected chi connectivity index (χ4v) is 4.23. The van der Waals surface area contributed by atoms with E-state index >= 15 is 0 Å². The number of piperazine rings is 1. The summed E-state index contributed by atoms with van der Waals surface area (Å²) in [4.78, 5) is 17.6. The van der Waals surface area contributed by atoms with Crippen molar-refractivity contribution >= 4 is 46.0 Å². The standard InChI is InChI=1S/C18H27N3OS3/c1-14(2)19-17(22)12-20-8-10-21(11-9-20)18(23)25-13-15-4-6-16(24-3)7-5-15/h4-7,14H,8-13H2,1-3H3,(H,19,22). The highest BCUT2D eigenvalue weighted by atomic mass is 32.2. The van der Waals surface area contributed by atoms with Crippen molar-refractivity contribution in [3.05, 3.63) is 29.8 Å². The first kappa shape index (κ1) is 20.6. The van der Waals surface area contributed by atoms with E-state index in [1.165, 1.54) is 10.5 Å². The Balaban J connectivity index is 1.70. The molecule has 1 aromatic rings. The van der Waals surface area contributed by atoms with Gasteiger partial charge in [-0.15, -0.1) is 11.8 Å². The minimum Gasteiger partial charge on any atom is -0.355 e. The van der Waals surface area contributed by atoms with Crippen LogP contribution in [0.4, 0.5) is 0 Å². The number of carbonyl (C=O) groups is 1. The summed E-state index contributed by atoms with van der Waals surface area (Å²) in [5.41, 5.74) is 1.30. The molecular formula is C18H27N3OS3. The quantitative estimate of drug-likeness (QED) is 0.587. The van der Waals surface area contributed by atoms with Gasteiger partial charge in [-0.2, -0.15) is 0 Å². The molecule has 1 heterocycles. The van der Waals surface area contributed by atoms with Gasteiger partial charge in [-0.3, -0.25) is 9.69 Å². The number of nitrogens with one attached hydrogen (secondary N) is 1. The number of hydrogen-bond acceptors (Lipinski definition) is 5. The highest BCUT2D eigenvalue weighted by Crippen LogP contribution is 2.20. The van der Waals surface area contributed by atoms with Gasteiger partial charge in [0.15, 0.2) is 0 Å². The molecule has 4 nitrogen and oxygen atoms in total. The number of amides is 1. The maximum Gasteiger partial charge on any atom is 0.234 e. The molecule has 0 saturated carbocycles.